The van der Waals surface area contributed by atoms with Gasteiger partial charge in [-0.1, -0.05) is 78.3 Å². The van der Waals surface area contributed by atoms with E-state index in [1.807, 2.05) is 44.2 Å². The Bertz CT molecular complexity index is 1420. The molecule has 0 bridgehead atoms. The van der Waals surface area contributed by atoms with Gasteiger partial charge in [0.05, 0.1) is 16.8 Å². The van der Waals surface area contributed by atoms with Crippen molar-refractivity contribution in [3.8, 4) is 0 Å². The number of halogens is 1. The predicted molar refractivity (Wildman–Crippen MR) is 161 cm³/mol. The minimum atomic E-state index is -0.833. The van der Waals surface area contributed by atoms with Crippen LogP contribution in [-0.4, -0.2) is 15.8 Å². The van der Waals surface area contributed by atoms with Crippen molar-refractivity contribution >= 4 is 46.4 Å². The first-order chi connectivity index (χ1) is 17.8. The van der Waals surface area contributed by atoms with E-state index in [4.69, 9.17) is 16.6 Å². The molecule has 1 unspecified atom stereocenters. The van der Waals surface area contributed by atoms with E-state index in [1.54, 1.807) is 0 Å². The largest absolute Gasteiger partial charge is 1.00 e. The number of hydrogen-bond acceptors (Lipinski definition) is 3. The monoisotopic (exact) mass is 551 g/mol. The van der Waals surface area contributed by atoms with Crippen LogP contribution in [0.15, 0.2) is 78.9 Å². The minimum absolute atomic E-state index is 0. The predicted octanol–water partition coefficient (Wildman–Crippen LogP) is 6.22. The van der Waals surface area contributed by atoms with Crippen molar-refractivity contribution in [2.45, 2.75) is 50.4 Å². The maximum Gasteiger partial charge on any atom is 1.00 e. The van der Waals surface area contributed by atoms with E-state index in [0.29, 0.717) is 10.3 Å². The first-order valence-corrected chi connectivity index (χ1v) is 14.5. The van der Waals surface area contributed by atoms with Gasteiger partial charge in [-0.15, -0.1) is 0 Å². The van der Waals surface area contributed by atoms with Gasteiger partial charge in [0.15, 0.2) is 0 Å². The van der Waals surface area contributed by atoms with Gasteiger partial charge in [0, 0.05) is 15.7 Å². The molecular weight excluding hydrogens is 517 g/mol. The summed E-state index contributed by atoms with van der Waals surface area (Å²) in [6.07, 6.45) is 8.96. The molecule has 1 fully saturated rings. The summed E-state index contributed by atoms with van der Waals surface area (Å²) in [5, 5.41) is 12.9. The number of aliphatic hydroxyl groups is 1. The first kappa shape index (κ1) is 29.4. The number of aryl methyl sites for hydroxylation is 1. The van der Waals surface area contributed by atoms with Gasteiger partial charge in [-0.2, -0.15) is 11.8 Å². The average molecular weight is 552 g/mol. The Kier molecular flexibility index (Phi) is 10.2. The molecule has 0 radical (unpaired) electrons. The Morgan fingerprint density at radius 1 is 1.03 bits per heavy atom. The number of rotatable bonds is 10. The van der Waals surface area contributed by atoms with Crippen LogP contribution in [0.5, 0.6) is 0 Å². The number of pyridine rings is 1. The fourth-order valence-electron chi connectivity index (χ4n) is 4.75. The van der Waals surface area contributed by atoms with Crippen molar-refractivity contribution in [2.24, 2.45) is 5.92 Å². The van der Waals surface area contributed by atoms with E-state index in [9.17, 15) is 5.11 Å². The standard InChI is InChI=1S/C33H34ClNOS.Na.H/c1-33(2,36)30-9-4-3-7-25(30)15-19-32(37-22-24-10-11-24)27-8-5-6-23(20-27)12-17-29-18-14-26-13-16-28(34)21-31(26)35-29;;/h3-9,12-14,16-18,20-21,24,32,36H,10-11,15,19,22H2,1-2H3;;/q;+1;-1/b17-12+;;. The third-order valence-corrected chi connectivity index (χ3v) is 8.80. The van der Waals surface area contributed by atoms with Crippen molar-refractivity contribution in [1.29, 1.82) is 0 Å². The number of nitrogens with zero attached hydrogens (tertiary/aromatic N) is 1. The number of fused-ring (bicyclic) bond motifs is 1. The van der Waals surface area contributed by atoms with Crippen LogP contribution in [0.1, 0.15) is 67.7 Å². The zero-order valence-corrected chi connectivity index (χ0v) is 26.1. The van der Waals surface area contributed by atoms with Crippen LogP contribution in [0.4, 0.5) is 0 Å². The summed E-state index contributed by atoms with van der Waals surface area (Å²) < 4.78 is 0. The van der Waals surface area contributed by atoms with E-state index >= 15 is 0 Å². The van der Waals surface area contributed by atoms with Crippen molar-refractivity contribution in [3.05, 3.63) is 112 Å². The topological polar surface area (TPSA) is 33.1 Å². The van der Waals surface area contributed by atoms with Gasteiger partial charge in [-0.25, -0.2) is 4.98 Å². The molecular formula is C33H35ClNNaOS. The van der Waals surface area contributed by atoms with E-state index in [1.165, 1.54) is 35.3 Å². The van der Waals surface area contributed by atoms with Gasteiger partial charge in [-0.05, 0) is 97.7 Å². The zero-order valence-electron chi connectivity index (χ0n) is 23.5. The van der Waals surface area contributed by atoms with Crippen LogP contribution < -0.4 is 29.6 Å². The summed E-state index contributed by atoms with van der Waals surface area (Å²) in [5.41, 5.74) is 5.81. The third kappa shape index (κ3) is 7.97. The van der Waals surface area contributed by atoms with Crippen molar-refractivity contribution in [2.75, 3.05) is 5.75 Å². The first-order valence-electron chi connectivity index (χ1n) is 13.1. The van der Waals surface area contributed by atoms with Crippen molar-refractivity contribution < 1.29 is 36.1 Å². The summed E-state index contributed by atoms with van der Waals surface area (Å²) in [4.78, 5) is 4.76. The Morgan fingerprint density at radius 2 is 1.82 bits per heavy atom. The van der Waals surface area contributed by atoms with Gasteiger partial charge < -0.3 is 6.53 Å². The second-order valence-electron chi connectivity index (χ2n) is 10.6. The Balaban J connectivity index is 0.00000210. The number of benzene rings is 3. The molecule has 1 aliphatic rings. The number of thioether (sulfide) groups is 1. The molecule has 1 N–H and O–H groups in total. The van der Waals surface area contributed by atoms with Crippen LogP contribution in [0, 0.1) is 5.92 Å². The van der Waals surface area contributed by atoms with Gasteiger partial charge in [0.2, 0.25) is 0 Å². The molecule has 1 saturated carbocycles. The molecule has 3 aromatic carbocycles. The number of hydrogen-bond donors (Lipinski definition) is 1. The molecule has 192 valence electrons. The molecule has 1 heterocycles. The van der Waals surface area contributed by atoms with Crippen LogP contribution >= 0.6 is 23.4 Å². The SMILES string of the molecule is CC(C)(O)c1ccccc1CCC(SCC1CC1)c1cccc(/C=C/c2ccc3ccc(Cl)cc3n2)c1.[H-].[Na+]. The van der Waals surface area contributed by atoms with Crippen molar-refractivity contribution in [1.82, 2.24) is 4.98 Å². The molecule has 0 spiro atoms. The van der Waals surface area contributed by atoms with Gasteiger partial charge in [0.25, 0.3) is 0 Å². The summed E-state index contributed by atoms with van der Waals surface area (Å²) in [6, 6.07) is 27.2. The van der Waals surface area contributed by atoms with E-state index in [2.05, 4.69) is 72.4 Å². The van der Waals surface area contributed by atoms with E-state index < -0.39 is 5.60 Å². The molecule has 38 heavy (non-hydrogen) atoms. The van der Waals surface area contributed by atoms with Crippen LogP contribution in [0.2, 0.25) is 5.02 Å². The molecule has 1 aliphatic carbocycles. The normalized spacial score (nSPS) is 14.5. The maximum atomic E-state index is 10.7. The second kappa shape index (κ2) is 13.2. The van der Waals surface area contributed by atoms with Gasteiger partial charge in [0.1, 0.15) is 0 Å². The van der Waals surface area contributed by atoms with Gasteiger partial charge >= 0.3 is 29.6 Å². The van der Waals surface area contributed by atoms with Gasteiger partial charge in [-0.3, -0.25) is 0 Å². The summed E-state index contributed by atoms with van der Waals surface area (Å²) in [5.74, 6) is 2.10. The fourth-order valence-corrected chi connectivity index (χ4v) is 6.38. The van der Waals surface area contributed by atoms with E-state index in [0.717, 1.165) is 40.9 Å². The summed E-state index contributed by atoms with van der Waals surface area (Å²) in [6.45, 7) is 3.75. The Labute approximate surface area is 259 Å². The smallest absolute Gasteiger partial charge is 1.00 e. The zero-order chi connectivity index (χ0) is 25.8. The molecule has 0 saturated heterocycles. The average Bonchev–Trinajstić information content (AvgIpc) is 3.72. The maximum absolute atomic E-state index is 10.7. The second-order valence-corrected chi connectivity index (χ2v) is 12.3. The molecule has 2 nitrogen and oxygen atoms in total. The van der Waals surface area contributed by atoms with Crippen LogP contribution in [-0.2, 0) is 12.0 Å². The summed E-state index contributed by atoms with van der Waals surface area (Å²) >= 11 is 8.26. The molecule has 5 heteroatoms. The molecule has 5 rings (SSSR count). The molecule has 4 aromatic rings. The number of aromatic nitrogens is 1. The quantitative estimate of drug-likeness (QED) is 0.238. The molecule has 0 amide bonds. The molecule has 0 aliphatic heterocycles. The Hall–Kier alpha value is -1.59. The molecule has 1 aromatic heterocycles. The fraction of sp³-hybridized carbons (Fsp3) is 0.303. The van der Waals surface area contributed by atoms with Crippen molar-refractivity contribution in [3.63, 3.8) is 0 Å². The van der Waals surface area contributed by atoms with Crippen LogP contribution in [0.3, 0.4) is 0 Å². The third-order valence-electron chi connectivity index (χ3n) is 6.99. The summed E-state index contributed by atoms with van der Waals surface area (Å²) in [7, 11) is 0. The van der Waals surface area contributed by atoms with E-state index in [-0.39, 0.29) is 31.0 Å². The Morgan fingerprint density at radius 3 is 2.61 bits per heavy atom. The minimum Gasteiger partial charge on any atom is -1.00 e. The van der Waals surface area contributed by atoms with Crippen LogP contribution in [0.25, 0.3) is 23.1 Å². The molecule has 1 atom stereocenters.